The number of hydrogen-bond donors (Lipinski definition) is 1. The zero-order chi connectivity index (χ0) is 11.1. The first-order valence-corrected chi connectivity index (χ1v) is 7.48. The molecule has 4 aliphatic carbocycles. The molecule has 92 valence electrons. The van der Waals surface area contributed by atoms with E-state index in [0.29, 0.717) is 5.54 Å². The second-order valence-corrected chi connectivity index (χ2v) is 6.73. The smallest absolute Gasteiger partial charge is 0.0179 e. The maximum atomic E-state index is 3.63. The van der Waals surface area contributed by atoms with Crippen molar-refractivity contribution in [2.75, 3.05) is 7.05 Å². The molecule has 0 aromatic heterocycles. The van der Waals surface area contributed by atoms with E-state index in [9.17, 15) is 0 Å². The molecule has 0 aliphatic heterocycles. The minimum atomic E-state index is 0.552. The van der Waals surface area contributed by atoms with Crippen molar-refractivity contribution in [1.29, 1.82) is 0 Å². The van der Waals surface area contributed by atoms with Gasteiger partial charge in [-0.2, -0.15) is 0 Å². The summed E-state index contributed by atoms with van der Waals surface area (Å²) in [6.45, 7) is 0. The van der Waals surface area contributed by atoms with Gasteiger partial charge in [-0.15, -0.1) is 0 Å². The standard InChI is InChI=1S/C15H27N/c1-16-15-10-7-14(8-11-15,9-12-15)13-5-3-2-4-6-13/h13,16H,2-12H2,1H3. The average molecular weight is 221 g/mol. The van der Waals surface area contributed by atoms with Crippen molar-refractivity contribution >= 4 is 0 Å². The average Bonchev–Trinajstić information content (AvgIpc) is 2.42. The van der Waals surface area contributed by atoms with Crippen molar-refractivity contribution in [3.63, 3.8) is 0 Å². The summed E-state index contributed by atoms with van der Waals surface area (Å²) < 4.78 is 0. The van der Waals surface area contributed by atoms with Crippen molar-refractivity contribution < 1.29 is 0 Å². The molecule has 0 radical (unpaired) electrons. The highest BCUT2D eigenvalue weighted by Gasteiger charge is 2.50. The lowest BCUT2D eigenvalue weighted by atomic mass is 9.51. The van der Waals surface area contributed by atoms with Gasteiger partial charge in [-0.25, -0.2) is 0 Å². The first-order valence-electron chi connectivity index (χ1n) is 7.48. The summed E-state index contributed by atoms with van der Waals surface area (Å²) in [5, 5.41) is 3.63. The van der Waals surface area contributed by atoms with Crippen LogP contribution in [0.25, 0.3) is 0 Å². The fraction of sp³-hybridized carbons (Fsp3) is 1.00. The molecule has 16 heavy (non-hydrogen) atoms. The van der Waals surface area contributed by atoms with Gasteiger partial charge in [0.25, 0.3) is 0 Å². The summed E-state index contributed by atoms with van der Waals surface area (Å²) in [6, 6.07) is 0. The van der Waals surface area contributed by atoms with Gasteiger partial charge in [-0.3, -0.25) is 0 Å². The van der Waals surface area contributed by atoms with Crippen LogP contribution in [0.5, 0.6) is 0 Å². The summed E-state index contributed by atoms with van der Waals surface area (Å²) in [5.41, 5.74) is 1.34. The maximum Gasteiger partial charge on any atom is 0.0179 e. The van der Waals surface area contributed by atoms with Crippen molar-refractivity contribution in [3.05, 3.63) is 0 Å². The van der Waals surface area contributed by atoms with Crippen molar-refractivity contribution in [2.24, 2.45) is 11.3 Å². The van der Waals surface area contributed by atoms with E-state index in [1.165, 1.54) is 57.8 Å². The van der Waals surface area contributed by atoms with E-state index in [2.05, 4.69) is 12.4 Å². The van der Waals surface area contributed by atoms with Crippen molar-refractivity contribution in [1.82, 2.24) is 5.32 Å². The summed E-state index contributed by atoms with van der Waals surface area (Å²) >= 11 is 0. The number of rotatable bonds is 2. The molecular weight excluding hydrogens is 194 g/mol. The van der Waals surface area contributed by atoms with E-state index in [1.54, 1.807) is 12.8 Å². The highest BCUT2D eigenvalue weighted by atomic mass is 15.0. The zero-order valence-electron chi connectivity index (χ0n) is 10.9. The molecule has 4 fully saturated rings. The number of hydrogen-bond acceptors (Lipinski definition) is 1. The molecule has 1 heteroatoms. The predicted molar refractivity (Wildman–Crippen MR) is 68.5 cm³/mol. The molecule has 4 saturated carbocycles. The topological polar surface area (TPSA) is 12.0 Å². The molecule has 0 atom stereocenters. The fourth-order valence-corrected chi connectivity index (χ4v) is 4.92. The van der Waals surface area contributed by atoms with Crippen LogP contribution in [0.2, 0.25) is 0 Å². The lowest BCUT2D eigenvalue weighted by Crippen LogP contribution is -2.55. The third-order valence-electron chi connectivity index (χ3n) is 6.31. The van der Waals surface area contributed by atoms with Gasteiger partial charge in [0.05, 0.1) is 0 Å². The van der Waals surface area contributed by atoms with E-state index in [-0.39, 0.29) is 0 Å². The Hall–Kier alpha value is -0.0400. The second kappa shape index (κ2) is 4.01. The van der Waals surface area contributed by atoms with Crippen LogP contribution in [0, 0.1) is 11.3 Å². The van der Waals surface area contributed by atoms with E-state index in [4.69, 9.17) is 0 Å². The Morgan fingerprint density at radius 1 is 0.812 bits per heavy atom. The van der Waals surface area contributed by atoms with E-state index < -0.39 is 0 Å². The normalized spacial score (nSPS) is 44.8. The molecule has 0 spiro atoms. The van der Waals surface area contributed by atoms with Gasteiger partial charge in [0.15, 0.2) is 0 Å². The Bertz CT molecular complexity index is 228. The molecule has 0 aromatic rings. The Labute approximate surface area is 100 Å². The van der Waals surface area contributed by atoms with Crippen LogP contribution in [0.4, 0.5) is 0 Å². The molecule has 1 N–H and O–H groups in total. The van der Waals surface area contributed by atoms with Crippen LogP contribution in [0.15, 0.2) is 0 Å². The lowest BCUT2D eigenvalue weighted by molar-refractivity contribution is -0.0307. The van der Waals surface area contributed by atoms with Gasteiger partial charge in [-0.1, -0.05) is 19.3 Å². The molecule has 4 aliphatic rings. The predicted octanol–water partition coefficient (Wildman–Crippen LogP) is 3.88. The van der Waals surface area contributed by atoms with Gasteiger partial charge in [0.1, 0.15) is 0 Å². The van der Waals surface area contributed by atoms with Crippen LogP contribution in [0.3, 0.4) is 0 Å². The largest absolute Gasteiger partial charge is 0.314 e. The molecular formula is C15H27N. The summed E-state index contributed by atoms with van der Waals surface area (Å²) in [5.74, 6) is 1.09. The van der Waals surface area contributed by atoms with E-state index in [0.717, 1.165) is 11.3 Å². The molecule has 0 saturated heterocycles. The molecule has 0 aromatic carbocycles. The first-order chi connectivity index (χ1) is 7.79. The number of nitrogens with one attached hydrogen (secondary N) is 1. The van der Waals surface area contributed by atoms with Gasteiger partial charge in [0.2, 0.25) is 0 Å². The lowest BCUT2D eigenvalue weighted by Gasteiger charge is -2.57. The third kappa shape index (κ3) is 1.63. The van der Waals surface area contributed by atoms with Gasteiger partial charge >= 0.3 is 0 Å². The zero-order valence-corrected chi connectivity index (χ0v) is 10.9. The number of fused-ring (bicyclic) bond motifs is 3. The van der Waals surface area contributed by atoms with Crippen molar-refractivity contribution in [2.45, 2.75) is 76.2 Å². The van der Waals surface area contributed by atoms with Crippen LogP contribution < -0.4 is 5.32 Å². The molecule has 2 bridgehead atoms. The Morgan fingerprint density at radius 3 is 1.88 bits per heavy atom. The molecule has 1 nitrogen and oxygen atoms in total. The Balaban J connectivity index is 1.72. The van der Waals surface area contributed by atoms with Gasteiger partial charge < -0.3 is 5.32 Å². The summed E-state index contributed by atoms with van der Waals surface area (Å²) in [4.78, 5) is 0. The van der Waals surface area contributed by atoms with Crippen LogP contribution in [0.1, 0.15) is 70.6 Å². The highest BCUT2D eigenvalue weighted by molar-refractivity contribution is 5.05. The maximum absolute atomic E-state index is 3.63. The molecule has 4 rings (SSSR count). The molecule has 0 amide bonds. The molecule has 0 unspecified atom stereocenters. The minimum Gasteiger partial charge on any atom is -0.314 e. The SMILES string of the molecule is CNC12CCC(C3CCCCC3)(CC1)CC2. The minimum absolute atomic E-state index is 0.552. The quantitative estimate of drug-likeness (QED) is 0.746. The van der Waals surface area contributed by atoms with Crippen LogP contribution in [-0.4, -0.2) is 12.6 Å². The van der Waals surface area contributed by atoms with Crippen LogP contribution >= 0.6 is 0 Å². The van der Waals surface area contributed by atoms with Crippen molar-refractivity contribution in [3.8, 4) is 0 Å². The second-order valence-electron chi connectivity index (χ2n) is 6.73. The first kappa shape index (κ1) is 11.1. The Kier molecular flexibility index (Phi) is 2.78. The Morgan fingerprint density at radius 2 is 1.38 bits per heavy atom. The van der Waals surface area contributed by atoms with Gasteiger partial charge in [-0.05, 0) is 69.7 Å². The molecule has 0 heterocycles. The highest BCUT2D eigenvalue weighted by Crippen LogP contribution is 2.58. The summed E-state index contributed by atoms with van der Waals surface area (Å²) in [6.07, 6.45) is 16.6. The van der Waals surface area contributed by atoms with Gasteiger partial charge in [0, 0.05) is 5.54 Å². The summed E-state index contributed by atoms with van der Waals surface area (Å²) in [7, 11) is 2.18. The monoisotopic (exact) mass is 221 g/mol. The van der Waals surface area contributed by atoms with E-state index in [1.807, 2.05) is 0 Å². The fourth-order valence-electron chi connectivity index (χ4n) is 4.92. The van der Waals surface area contributed by atoms with E-state index >= 15 is 0 Å². The van der Waals surface area contributed by atoms with Crippen LogP contribution in [-0.2, 0) is 0 Å². The third-order valence-corrected chi connectivity index (χ3v) is 6.31.